The fourth-order valence-corrected chi connectivity index (χ4v) is 2.49. The molecule has 0 spiro atoms. The lowest BCUT2D eigenvalue weighted by molar-refractivity contribution is 0.102. The number of carbonyl (C=O) groups is 1. The lowest BCUT2D eigenvalue weighted by Gasteiger charge is -2.07. The van der Waals surface area contributed by atoms with E-state index in [1.165, 1.54) is 0 Å². The number of pyridine rings is 1. The van der Waals surface area contributed by atoms with Crippen LogP contribution in [0.3, 0.4) is 0 Å². The summed E-state index contributed by atoms with van der Waals surface area (Å²) >= 11 is 11.9. The highest BCUT2D eigenvalue weighted by Gasteiger charge is 2.10. The molecule has 2 heterocycles. The molecule has 0 atom stereocenters. The van der Waals surface area contributed by atoms with Crippen LogP contribution in [0.15, 0.2) is 42.7 Å². The average Bonchev–Trinajstić information content (AvgIpc) is 2.80. The van der Waals surface area contributed by atoms with Crippen molar-refractivity contribution in [3.8, 4) is 0 Å². The van der Waals surface area contributed by atoms with Crippen molar-refractivity contribution < 1.29 is 4.79 Å². The normalized spacial score (nSPS) is 10.8. The molecular weight excluding hydrogens is 309 g/mol. The third-order valence-corrected chi connectivity index (χ3v) is 3.57. The Morgan fingerprint density at radius 1 is 1.24 bits per heavy atom. The van der Waals surface area contributed by atoms with Gasteiger partial charge in [-0.15, -0.1) is 0 Å². The van der Waals surface area contributed by atoms with Gasteiger partial charge in [0.05, 0.1) is 16.4 Å². The Kier molecular flexibility index (Phi) is 3.57. The number of carbonyl (C=O) groups excluding carboxylic acids is 1. The summed E-state index contributed by atoms with van der Waals surface area (Å²) in [6.45, 7) is 1.90. The number of hydrogen-bond donors (Lipinski definition) is 1. The number of rotatable bonds is 2. The molecule has 0 aliphatic heterocycles. The van der Waals surface area contributed by atoms with Crippen LogP contribution < -0.4 is 5.32 Å². The quantitative estimate of drug-likeness (QED) is 0.769. The summed E-state index contributed by atoms with van der Waals surface area (Å²) in [5.41, 5.74) is 2.65. The third-order valence-electron chi connectivity index (χ3n) is 3.02. The van der Waals surface area contributed by atoms with Crippen LogP contribution in [0.5, 0.6) is 0 Å². The van der Waals surface area contributed by atoms with Gasteiger partial charge in [-0.1, -0.05) is 23.2 Å². The summed E-state index contributed by atoms with van der Waals surface area (Å²) in [6.07, 6.45) is 3.70. The molecule has 4 nitrogen and oxygen atoms in total. The first-order valence-electron chi connectivity index (χ1n) is 6.25. The number of halogens is 2. The lowest BCUT2D eigenvalue weighted by atomic mass is 10.2. The molecule has 3 aromatic rings. The van der Waals surface area contributed by atoms with E-state index in [2.05, 4.69) is 10.3 Å². The Labute approximate surface area is 131 Å². The van der Waals surface area contributed by atoms with Gasteiger partial charge < -0.3 is 9.72 Å². The highest BCUT2D eigenvalue weighted by Crippen LogP contribution is 2.25. The van der Waals surface area contributed by atoms with E-state index in [1.807, 2.05) is 17.5 Å². The van der Waals surface area contributed by atoms with Crippen LogP contribution >= 0.6 is 23.2 Å². The minimum Gasteiger partial charge on any atom is -0.321 e. The number of imidazole rings is 1. The molecule has 106 valence electrons. The molecule has 1 N–H and O–H groups in total. The van der Waals surface area contributed by atoms with Gasteiger partial charge in [-0.05, 0) is 37.3 Å². The number of hydrogen-bond acceptors (Lipinski definition) is 2. The molecule has 0 bridgehead atoms. The van der Waals surface area contributed by atoms with Crippen molar-refractivity contribution >= 4 is 40.4 Å². The molecule has 3 rings (SSSR count). The standard InChI is InChI=1S/C15H11Cl2N3O/c1-9-8-20-5-4-10(6-14(20)18-9)15(21)19-13-3-2-11(16)7-12(13)17/h2-8H,1H3,(H,19,21). The summed E-state index contributed by atoms with van der Waals surface area (Å²) in [4.78, 5) is 16.6. The van der Waals surface area contributed by atoms with Gasteiger partial charge in [0.25, 0.3) is 5.91 Å². The van der Waals surface area contributed by atoms with Gasteiger partial charge >= 0.3 is 0 Å². The number of nitrogens with zero attached hydrogens (tertiary/aromatic N) is 2. The summed E-state index contributed by atoms with van der Waals surface area (Å²) in [7, 11) is 0. The van der Waals surface area contributed by atoms with E-state index in [0.29, 0.717) is 21.3 Å². The highest BCUT2D eigenvalue weighted by molar-refractivity contribution is 6.36. The fraction of sp³-hybridized carbons (Fsp3) is 0.0667. The number of aromatic nitrogens is 2. The summed E-state index contributed by atoms with van der Waals surface area (Å²) in [5, 5.41) is 3.68. The van der Waals surface area contributed by atoms with Crippen LogP contribution in [-0.4, -0.2) is 15.3 Å². The minimum absolute atomic E-state index is 0.248. The maximum atomic E-state index is 12.3. The van der Waals surface area contributed by atoms with E-state index in [9.17, 15) is 4.79 Å². The number of nitrogens with one attached hydrogen (secondary N) is 1. The molecule has 2 aromatic heterocycles. The molecule has 0 aliphatic rings. The van der Waals surface area contributed by atoms with E-state index >= 15 is 0 Å². The third kappa shape index (κ3) is 2.86. The molecule has 0 aliphatic carbocycles. The Morgan fingerprint density at radius 3 is 2.81 bits per heavy atom. The van der Waals surface area contributed by atoms with E-state index in [4.69, 9.17) is 23.2 Å². The first-order valence-corrected chi connectivity index (χ1v) is 7.00. The topological polar surface area (TPSA) is 46.4 Å². The van der Waals surface area contributed by atoms with Gasteiger partial charge in [-0.3, -0.25) is 4.79 Å². The van der Waals surface area contributed by atoms with Gasteiger partial charge in [-0.25, -0.2) is 4.98 Å². The second-order valence-corrected chi connectivity index (χ2v) is 5.49. The number of anilines is 1. The molecule has 1 aromatic carbocycles. The summed E-state index contributed by atoms with van der Waals surface area (Å²) in [6, 6.07) is 8.38. The smallest absolute Gasteiger partial charge is 0.255 e. The van der Waals surface area contributed by atoms with E-state index in [0.717, 1.165) is 11.3 Å². The van der Waals surface area contributed by atoms with Gasteiger partial charge in [-0.2, -0.15) is 0 Å². The fourth-order valence-electron chi connectivity index (χ4n) is 2.04. The van der Waals surface area contributed by atoms with Crippen molar-refractivity contribution in [3.05, 3.63) is 64.0 Å². The number of fused-ring (bicyclic) bond motifs is 1. The minimum atomic E-state index is -0.248. The number of amides is 1. The summed E-state index contributed by atoms with van der Waals surface area (Å²) < 4.78 is 1.86. The van der Waals surface area contributed by atoms with Gasteiger partial charge in [0.15, 0.2) is 0 Å². The summed E-state index contributed by atoms with van der Waals surface area (Å²) in [5.74, 6) is -0.248. The zero-order valence-electron chi connectivity index (χ0n) is 11.1. The van der Waals surface area contributed by atoms with Crippen LogP contribution in [0.4, 0.5) is 5.69 Å². The monoisotopic (exact) mass is 319 g/mol. The van der Waals surface area contributed by atoms with Crippen molar-refractivity contribution in [3.63, 3.8) is 0 Å². The van der Waals surface area contributed by atoms with Gasteiger partial charge in [0.2, 0.25) is 0 Å². The van der Waals surface area contributed by atoms with Crippen LogP contribution in [0.25, 0.3) is 5.65 Å². The Bertz CT molecular complexity index is 842. The Morgan fingerprint density at radius 2 is 2.05 bits per heavy atom. The molecule has 0 saturated carbocycles. The predicted molar refractivity (Wildman–Crippen MR) is 84.3 cm³/mol. The first-order chi connectivity index (χ1) is 10.0. The van der Waals surface area contributed by atoms with Crippen molar-refractivity contribution in [1.82, 2.24) is 9.38 Å². The van der Waals surface area contributed by atoms with Gasteiger partial charge in [0, 0.05) is 23.0 Å². The maximum absolute atomic E-state index is 12.3. The van der Waals surface area contributed by atoms with Crippen molar-refractivity contribution in [2.45, 2.75) is 6.92 Å². The molecule has 1 amide bonds. The molecule has 0 saturated heterocycles. The van der Waals surface area contributed by atoms with Gasteiger partial charge in [0.1, 0.15) is 5.65 Å². The van der Waals surface area contributed by atoms with Crippen molar-refractivity contribution in [2.24, 2.45) is 0 Å². The van der Waals surface area contributed by atoms with Crippen molar-refractivity contribution in [1.29, 1.82) is 0 Å². The Balaban J connectivity index is 1.89. The molecule has 0 fully saturated rings. The lowest BCUT2D eigenvalue weighted by Crippen LogP contribution is -2.12. The predicted octanol–water partition coefficient (Wildman–Crippen LogP) is 4.20. The van der Waals surface area contributed by atoms with E-state index in [1.54, 1.807) is 36.5 Å². The molecular formula is C15H11Cl2N3O. The van der Waals surface area contributed by atoms with Crippen LogP contribution in [0.2, 0.25) is 10.0 Å². The zero-order chi connectivity index (χ0) is 15.0. The number of benzene rings is 1. The molecule has 21 heavy (non-hydrogen) atoms. The van der Waals surface area contributed by atoms with Crippen LogP contribution in [-0.2, 0) is 0 Å². The molecule has 0 radical (unpaired) electrons. The van der Waals surface area contributed by atoms with Crippen molar-refractivity contribution in [2.75, 3.05) is 5.32 Å². The van der Waals surface area contributed by atoms with Crippen LogP contribution in [0.1, 0.15) is 16.1 Å². The van der Waals surface area contributed by atoms with E-state index in [-0.39, 0.29) is 5.91 Å². The van der Waals surface area contributed by atoms with E-state index < -0.39 is 0 Å². The molecule has 6 heteroatoms. The maximum Gasteiger partial charge on any atom is 0.255 e. The second kappa shape index (κ2) is 5.39. The Hall–Kier alpha value is -2.04. The number of aryl methyl sites for hydroxylation is 1. The van der Waals surface area contributed by atoms with Crippen LogP contribution in [0, 0.1) is 6.92 Å². The molecule has 0 unspecified atom stereocenters. The zero-order valence-corrected chi connectivity index (χ0v) is 12.6. The SMILES string of the molecule is Cc1cn2ccc(C(=O)Nc3ccc(Cl)cc3Cl)cc2n1. The second-order valence-electron chi connectivity index (χ2n) is 4.64. The average molecular weight is 320 g/mol. The first kappa shape index (κ1) is 13.9. The largest absolute Gasteiger partial charge is 0.321 e. The highest BCUT2D eigenvalue weighted by atomic mass is 35.5.